The molecule has 0 aliphatic carbocycles. The minimum atomic E-state index is -3.42. The molecule has 1 atom stereocenters. The monoisotopic (exact) mass is 720 g/mol. The van der Waals surface area contributed by atoms with Crippen molar-refractivity contribution < 1.29 is 26.7 Å². The van der Waals surface area contributed by atoms with E-state index >= 15 is 4.39 Å². The van der Waals surface area contributed by atoms with Gasteiger partial charge in [-0.1, -0.05) is 30.3 Å². The standard InChI is InChI=1S/C35H31BrF2N4O4S/c36-30-19-26(10-11-33(30)45-22-24-6-4-7-25(37)18-24)42-34-28-20-29(31(38)21-32(28)40-23-41-34)35(12-5-16-46-35)13-14-39-15-17-47(43,44)27-8-2-1-3-9-27/h1-11,16,18-21,23,39H,12-15,17,22H2,(H,40,41,42). The predicted molar refractivity (Wildman–Crippen MR) is 180 cm³/mol. The van der Waals surface area contributed by atoms with Crippen LogP contribution in [0.3, 0.4) is 0 Å². The van der Waals surface area contributed by atoms with E-state index in [1.54, 1.807) is 60.9 Å². The smallest absolute Gasteiger partial charge is 0.179 e. The van der Waals surface area contributed by atoms with Crippen molar-refractivity contribution in [2.75, 3.05) is 24.2 Å². The summed E-state index contributed by atoms with van der Waals surface area (Å²) in [5.41, 5.74) is 1.20. The van der Waals surface area contributed by atoms with Crippen LogP contribution in [0.1, 0.15) is 24.0 Å². The van der Waals surface area contributed by atoms with E-state index in [0.717, 1.165) is 0 Å². The van der Waals surface area contributed by atoms with E-state index in [2.05, 4.69) is 36.5 Å². The van der Waals surface area contributed by atoms with Gasteiger partial charge in [-0.2, -0.15) is 0 Å². The highest BCUT2D eigenvalue weighted by Crippen LogP contribution is 2.41. The zero-order valence-electron chi connectivity index (χ0n) is 25.1. The number of benzene rings is 4. The third-order valence-corrected chi connectivity index (χ3v) is 10.2. The Hall–Kier alpha value is -4.39. The molecular weight excluding hydrogens is 690 g/mol. The molecule has 1 aliphatic heterocycles. The maximum absolute atomic E-state index is 15.7. The van der Waals surface area contributed by atoms with Crippen LogP contribution in [0.5, 0.6) is 5.75 Å². The molecule has 6 rings (SSSR count). The first-order valence-electron chi connectivity index (χ1n) is 14.9. The third-order valence-electron chi connectivity index (χ3n) is 7.89. The maximum Gasteiger partial charge on any atom is 0.179 e. The molecule has 242 valence electrons. The van der Waals surface area contributed by atoms with E-state index < -0.39 is 21.3 Å². The van der Waals surface area contributed by atoms with Gasteiger partial charge in [-0.25, -0.2) is 27.2 Å². The number of sulfone groups is 1. The molecular formula is C35H31BrF2N4O4S. The van der Waals surface area contributed by atoms with Crippen molar-refractivity contribution in [3.8, 4) is 5.75 Å². The van der Waals surface area contributed by atoms with Crippen molar-refractivity contribution in [1.29, 1.82) is 0 Å². The molecule has 0 radical (unpaired) electrons. The van der Waals surface area contributed by atoms with Crippen LogP contribution in [0.4, 0.5) is 20.3 Å². The maximum atomic E-state index is 15.7. The molecule has 1 aliphatic rings. The van der Waals surface area contributed by atoms with Gasteiger partial charge in [0.25, 0.3) is 0 Å². The van der Waals surface area contributed by atoms with Gasteiger partial charge in [0, 0.05) is 42.1 Å². The Kier molecular flexibility index (Phi) is 9.81. The summed E-state index contributed by atoms with van der Waals surface area (Å²) in [4.78, 5) is 9.01. The lowest BCUT2D eigenvalue weighted by molar-refractivity contribution is 0.0296. The van der Waals surface area contributed by atoms with E-state index in [9.17, 15) is 12.8 Å². The molecule has 0 fully saturated rings. The van der Waals surface area contributed by atoms with E-state index in [4.69, 9.17) is 9.47 Å². The molecule has 4 aromatic carbocycles. The lowest BCUT2D eigenvalue weighted by Gasteiger charge is -2.30. The van der Waals surface area contributed by atoms with Crippen molar-refractivity contribution in [2.45, 2.75) is 29.9 Å². The van der Waals surface area contributed by atoms with Gasteiger partial charge in [-0.3, -0.25) is 0 Å². The van der Waals surface area contributed by atoms with Crippen molar-refractivity contribution in [1.82, 2.24) is 15.3 Å². The topological polar surface area (TPSA) is 102 Å². The molecule has 5 aromatic rings. The molecule has 1 unspecified atom stereocenters. The zero-order chi connectivity index (χ0) is 32.9. The number of hydrogen-bond donors (Lipinski definition) is 2. The number of fused-ring (bicyclic) bond motifs is 1. The predicted octanol–water partition coefficient (Wildman–Crippen LogP) is 7.58. The number of hydrogen-bond acceptors (Lipinski definition) is 8. The molecule has 0 saturated carbocycles. The fraction of sp³-hybridized carbons (Fsp3) is 0.200. The molecule has 47 heavy (non-hydrogen) atoms. The number of nitrogens with one attached hydrogen (secondary N) is 2. The van der Waals surface area contributed by atoms with Crippen molar-refractivity contribution in [2.24, 2.45) is 0 Å². The fourth-order valence-corrected chi connectivity index (χ4v) is 7.16. The van der Waals surface area contributed by atoms with Gasteiger partial charge in [-0.05, 0) is 82.6 Å². The average molecular weight is 722 g/mol. The second-order valence-corrected chi connectivity index (χ2v) is 14.0. The summed E-state index contributed by atoms with van der Waals surface area (Å²) < 4.78 is 67.1. The average Bonchev–Trinajstić information content (AvgIpc) is 3.54. The first-order valence-corrected chi connectivity index (χ1v) is 17.4. The Bertz CT molecular complexity index is 2020. The fourth-order valence-electron chi connectivity index (χ4n) is 5.45. The van der Waals surface area contributed by atoms with Crippen LogP contribution >= 0.6 is 15.9 Å². The third kappa shape index (κ3) is 7.61. The van der Waals surface area contributed by atoms with Crippen molar-refractivity contribution in [3.05, 3.63) is 131 Å². The SMILES string of the molecule is O=S(=O)(CCNCCC1(c2cc3c(Nc4ccc(OCc5cccc(F)c5)c(Br)c4)ncnc3cc2F)CC=CO1)c1ccccc1. The van der Waals surface area contributed by atoms with Crippen LogP contribution < -0.4 is 15.4 Å². The van der Waals surface area contributed by atoms with E-state index in [0.29, 0.717) is 63.1 Å². The summed E-state index contributed by atoms with van der Waals surface area (Å²) in [5.74, 6) is 0.212. The van der Waals surface area contributed by atoms with Crippen molar-refractivity contribution >= 4 is 48.2 Å². The molecule has 2 heterocycles. The summed E-state index contributed by atoms with van der Waals surface area (Å²) in [5, 5.41) is 7.09. The summed E-state index contributed by atoms with van der Waals surface area (Å²) >= 11 is 3.54. The minimum Gasteiger partial charge on any atom is -0.490 e. The van der Waals surface area contributed by atoms with E-state index in [1.807, 2.05) is 18.2 Å². The first kappa shape index (κ1) is 32.5. The number of nitrogens with zero attached hydrogens (tertiary/aromatic N) is 2. The summed E-state index contributed by atoms with van der Waals surface area (Å²) in [6.07, 6.45) is 5.62. The Morgan fingerprint density at radius 2 is 1.81 bits per heavy atom. The molecule has 0 amide bonds. The van der Waals surface area contributed by atoms with Crippen LogP contribution in [-0.2, 0) is 26.8 Å². The van der Waals surface area contributed by atoms with Gasteiger partial charge in [0.15, 0.2) is 9.84 Å². The largest absolute Gasteiger partial charge is 0.490 e. The number of ether oxygens (including phenoxy) is 2. The highest BCUT2D eigenvalue weighted by molar-refractivity contribution is 9.10. The van der Waals surface area contributed by atoms with Crippen LogP contribution in [0.25, 0.3) is 10.9 Å². The lowest BCUT2D eigenvalue weighted by atomic mass is 9.86. The molecule has 12 heteroatoms. The molecule has 0 bridgehead atoms. The number of aromatic nitrogens is 2. The highest BCUT2D eigenvalue weighted by Gasteiger charge is 2.38. The van der Waals surface area contributed by atoms with Gasteiger partial charge in [0.05, 0.1) is 26.9 Å². The second kappa shape index (κ2) is 14.2. The summed E-state index contributed by atoms with van der Waals surface area (Å²) in [6.45, 7) is 0.851. The van der Waals surface area contributed by atoms with Crippen LogP contribution in [0.15, 0.2) is 113 Å². The molecule has 0 spiro atoms. The molecule has 8 nitrogen and oxygen atoms in total. The Balaban J connectivity index is 1.16. The van der Waals surface area contributed by atoms with Crippen LogP contribution in [-0.4, -0.2) is 37.2 Å². The number of rotatable bonds is 13. The van der Waals surface area contributed by atoms with Crippen LogP contribution in [0.2, 0.25) is 0 Å². The Labute approximate surface area is 279 Å². The van der Waals surface area contributed by atoms with Crippen molar-refractivity contribution in [3.63, 3.8) is 0 Å². The van der Waals surface area contributed by atoms with Gasteiger partial charge in [0.2, 0.25) is 0 Å². The summed E-state index contributed by atoms with van der Waals surface area (Å²) in [7, 11) is -3.42. The zero-order valence-corrected chi connectivity index (χ0v) is 27.5. The number of halogens is 3. The quantitative estimate of drug-likeness (QED) is 0.120. The number of anilines is 2. The molecule has 0 saturated heterocycles. The first-order chi connectivity index (χ1) is 22.7. The summed E-state index contributed by atoms with van der Waals surface area (Å²) in [6, 6.07) is 23.1. The molecule has 1 aromatic heterocycles. The van der Waals surface area contributed by atoms with Gasteiger partial charge in [0.1, 0.15) is 41.7 Å². The van der Waals surface area contributed by atoms with Gasteiger partial charge < -0.3 is 20.1 Å². The lowest BCUT2D eigenvalue weighted by Crippen LogP contribution is -2.33. The van der Waals surface area contributed by atoms with E-state index in [-0.39, 0.29) is 29.6 Å². The van der Waals surface area contributed by atoms with E-state index in [1.165, 1.54) is 24.5 Å². The minimum absolute atomic E-state index is 0.0595. The molecule has 2 N–H and O–H groups in total. The highest BCUT2D eigenvalue weighted by atomic mass is 79.9. The van der Waals surface area contributed by atoms with Gasteiger partial charge in [-0.15, -0.1) is 0 Å². The Morgan fingerprint density at radius 3 is 2.57 bits per heavy atom. The Morgan fingerprint density at radius 1 is 0.957 bits per heavy atom. The normalized spacial score (nSPS) is 15.9. The second-order valence-electron chi connectivity index (χ2n) is 11.1. The van der Waals surface area contributed by atoms with Crippen LogP contribution in [0, 0.1) is 11.6 Å². The van der Waals surface area contributed by atoms with Gasteiger partial charge >= 0.3 is 0 Å².